The van der Waals surface area contributed by atoms with Crippen LogP contribution in [0.4, 0.5) is 0 Å². The minimum absolute atomic E-state index is 0.0123. The maximum absolute atomic E-state index is 13.1. The van der Waals surface area contributed by atoms with E-state index in [9.17, 15) is 19.4 Å². The van der Waals surface area contributed by atoms with Crippen molar-refractivity contribution in [3.63, 3.8) is 0 Å². The van der Waals surface area contributed by atoms with Gasteiger partial charge in [0.25, 0.3) is 7.82 Å². The molecule has 0 saturated carbocycles. The summed E-state index contributed by atoms with van der Waals surface area (Å²) in [7, 11) is 1.23. The number of hydrogen-bond donors (Lipinski definition) is 2. The first-order valence-corrected chi connectivity index (χ1v) is 38.9. The molecule has 0 aromatic heterocycles. The fourth-order valence-corrected chi connectivity index (χ4v) is 11.4. The molecule has 0 heterocycles. The molecule has 0 radical (unpaired) electrons. The smallest absolute Gasteiger partial charge is 0.268 e. The van der Waals surface area contributed by atoms with Crippen LogP contribution in [0.15, 0.2) is 122 Å². The quantitative estimate of drug-likeness (QED) is 0.0272. The van der Waals surface area contributed by atoms with Gasteiger partial charge in [0.2, 0.25) is 5.91 Å². The molecule has 0 spiro atoms. The van der Waals surface area contributed by atoms with E-state index in [-0.39, 0.29) is 12.5 Å². The molecule has 0 aromatic rings. The fourth-order valence-electron chi connectivity index (χ4n) is 10.7. The van der Waals surface area contributed by atoms with Gasteiger partial charge in [0.1, 0.15) is 13.2 Å². The zero-order chi connectivity index (χ0) is 64.8. The second kappa shape index (κ2) is 69.2. The van der Waals surface area contributed by atoms with Crippen LogP contribution in [0.2, 0.25) is 0 Å². The van der Waals surface area contributed by atoms with Crippen molar-refractivity contribution < 1.29 is 32.9 Å². The van der Waals surface area contributed by atoms with E-state index in [0.29, 0.717) is 17.4 Å². The monoisotopic (exact) mass is 1260 g/mol. The number of rotatable bonds is 68. The van der Waals surface area contributed by atoms with Gasteiger partial charge in [-0.25, -0.2) is 0 Å². The van der Waals surface area contributed by atoms with E-state index < -0.39 is 26.6 Å². The number of aliphatic hydroxyl groups is 1. The molecule has 0 aliphatic rings. The van der Waals surface area contributed by atoms with Crippen LogP contribution in [-0.4, -0.2) is 68.5 Å². The van der Waals surface area contributed by atoms with Crippen molar-refractivity contribution in [1.29, 1.82) is 0 Å². The number of aliphatic hydroxyl groups excluding tert-OH is 1. The average molecular weight is 1260 g/mol. The molecular weight excluding hydrogens is 1120 g/mol. The molecular formula is C80H143N2O6P. The van der Waals surface area contributed by atoms with Gasteiger partial charge in [-0.2, -0.15) is 0 Å². The second-order valence-electron chi connectivity index (χ2n) is 26.3. The van der Waals surface area contributed by atoms with Crippen LogP contribution in [0.3, 0.4) is 0 Å². The third-order valence-electron chi connectivity index (χ3n) is 16.4. The number of hydrogen-bond acceptors (Lipinski definition) is 6. The summed E-state index contributed by atoms with van der Waals surface area (Å²) in [6.45, 7) is 4.54. The van der Waals surface area contributed by atoms with Gasteiger partial charge in [-0.1, -0.05) is 347 Å². The van der Waals surface area contributed by atoms with E-state index in [0.717, 1.165) is 96.3 Å². The zero-order valence-electron chi connectivity index (χ0n) is 58.9. The van der Waals surface area contributed by atoms with E-state index in [4.69, 9.17) is 9.05 Å². The Morgan fingerprint density at radius 2 is 0.697 bits per heavy atom. The fraction of sp³-hybridized carbons (Fsp3) is 0.738. The lowest BCUT2D eigenvalue weighted by molar-refractivity contribution is -0.870. The number of carbonyl (C=O) groups is 1. The third-order valence-corrected chi connectivity index (χ3v) is 17.4. The number of nitrogens with zero attached hydrogens (tertiary/aromatic N) is 1. The van der Waals surface area contributed by atoms with Crippen LogP contribution in [0, 0.1) is 0 Å². The van der Waals surface area contributed by atoms with Gasteiger partial charge >= 0.3 is 0 Å². The Hall–Kier alpha value is -3.10. The Morgan fingerprint density at radius 1 is 0.404 bits per heavy atom. The van der Waals surface area contributed by atoms with Gasteiger partial charge < -0.3 is 28.8 Å². The lowest BCUT2D eigenvalue weighted by Gasteiger charge is -2.29. The molecule has 0 saturated heterocycles. The minimum atomic E-state index is -4.62. The van der Waals surface area contributed by atoms with E-state index in [1.165, 1.54) is 212 Å². The minimum Gasteiger partial charge on any atom is -0.756 e. The summed E-state index contributed by atoms with van der Waals surface area (Å²) in [5.41, 5.74) is 0. The van der Waals surface area contributed by atoms with E-state index in [1.54, 1.807) is 6.08 Å². The molecule has 0 aliphatic carbocycles. The van der Waals surface area contributed by atoms with Gasteiger partial charge in [0, 0.05) is 6.42 Å². The van der Waals surface area contributed by atoms with Crippen LogP contribution in [0.1, 0.15) is 328 Å². The maximum Gasteiger partial charge on any atom is 0.268 e. The summed E-state index contributed by atoms with van der Waals surface area (Å²) in [5.74, 6) is -0.213. The molecule has 8 nitrogen and oxygen atoms in total. The highest BCUT2D eigenvalue weighted by molar-refractivity contribution is 7.45. The summed E-state index contributed by atoms with van der Waals surface area (Å²) in [4.78, 5) is 25.7. The lowest BCUT2D eigenvalue weighted by Crippen LogP contribution is -2.45. The average Bonchev–Trinajstić information content (AvgIpc) is 3.64. The number of allylic oxidation sites excluding steroid dienone is 19. The van der Waals surface area contributed by atoms with Crippen molar-refractivity contribution >= 4 is 13.7 Å². The van der Waals surface area contributed by atoms with Crippen molar-refractivity contribution in [3.05, 3.63) is 122 Å². The number of phosphoric acid groups is 1. The second-order valence-corrected chi connectivity index (χ2v) is 27.7. The van der Waals surface area contributed by atoms with Crippen LogP contribution in [-0.2, 0) is 18.4 Å². The molecule has 0 bridgehead atoms. The van der Waals surface area contributed by atoms with Crippen LogP contribution in [0.25, 0.3) is 0 Å². The highest BCUT2D eigenvalue weighted by Gasteiger charge is 2.23. The summed E-state index contributed by atoms with van der Waals surface area (Å²) in [6, 6.07) is -0.916. The van der Waals surface area contributed by atoms with Crippen molar-refractivity contribution in [3.8, 4) is 0 Å². The molecule has 2 N–H and O–H groups in total. The molecule has 89 heavy (non-hydrogen) atoms. The first kappa shape index (κ1) is 85.9. The topological polar surface area (TPSA) is 108 Å². The van der Waals surface area contributed by atoms with Crippen molar-refractivity contribution in [1.82, 2.24) is 5.32 Å². The number of nitrogens with one attached hydrogen (secondary N) is 1. The van der Waals surface area contributed by atoms with Crippen LogP contribution >= 0.6 is 7.82 Å². The molecule has 3 unspecified atom stereocenters. The van der Waals surface area contributed by atoms with E-state index >= 15 is 0 Å². The number of unbranched alkanes of at least 4 members (excludes halogenated alkanes) is 37. The van der Waals surface area contributed by atoms with Gasteiger partial charge in [0.15, 0.2) is 0 Å². The predicted octanol–water partition coefficient (Wildman–Crippen LogP) is 23.8. The molecule has 0 fully saturated rings. The highest BCUT2D eigenvalue weighted by Crippen LogP contribution is 2.38. The number of amides is 1. The molecule has 0 aliphatic heterocycles. The zero-order valence-corrected chi connectivity index (χ0v) is 59.7. The van der Waals surface area contributed by atoms with Crippen LogP contribution < -0.4 is 10.2 Å². The predicted molar refractivity (Wildman–Crippen MR) is 389 cm³/mol. The Balaban J connectivity index is 4.12. The summed E-state index contributed by atoms with van der Waals surface area (Å²) < 4.78 is 23.5. The van der Waals surface area contributed by atoms with Gasteiger partial charge in [-0.15, -0.1) is 0 Å². The first-order valence-electron chi connectivity index (χ1n) is 37.4. The van der Waals surface area contributed by atoms with Gasteiger partial charge in [-0.05, 0) is 96.3 Å². The Labute approximate surface area is 552 Å². The summed E-state index contributed by atoms with van der Waals surface area (Å²) >= 11 is 0. The normalized spacial score (nSPS) is 14.3. The first-order chi connectivity index (χ1) is 43.5. The lowest BCUT2D eigenvalue weighted by atomic mass is 10.0. The van der Waals surface area contributed by atoms with Crippen molar-refractivity contribution in [2.75, 3.05) is 40.9 Å². The van der Waals surface area contributed by atoms with Gasteiger partial charge in [-0.3, -0.25) is 9.36 Å². The van der Waals surface area contributed by atoms with Crippen molar-refractivity contribution in [2.45, 2.75) is 341 Å². The molecule has 1 amide bonds. The highest BCUT2D eigenvalue weighted by atomic mass is 31.2. The molecule has 0 aromatic carbocycles. The summed E-state index contributed by atoms with van der Waals surface area (Å²) in [6.07, 6.45) is 103. The van der Waals surface area contributed by atoms with E-state index in [1.807, 2.05) is 27.2 Å². The van der Waals surface area contributed by atoms with Gasteiger partial charge in [0.05, 0.1) is 39.9 Å². The molecule has 514 valence electrons. The number of quaternary nitrogens is 1. The Bertz CT molecular complexity index is 1870. The number of phosphoric ester groups is 1. The number of likely N-dealkylation sites (N-methyl/N-ethyl adjacent to an activating group) is 1. The largest absolute Gasteiger partial charge is 0.756 e. The number of carbonyl (C=O) groups excluding carboxylic acids is 1. The standard InChI is InChI=1S/C80H143N2O6P/c1-6-8-10-12-14-16-18-20-22-24-26-28-30-32-34-36-38-40-41-42-44-46-48-50-52-54-56-58-60-62-64-66-68-70-72-74-80(84)81-78(77-88-89(85,86)87-76-75-82(3,4)5)79(83)73-71-69-67-65-63-61-59-57-55-53-51-49-47-45-43-39-37-35-33-31-29-27-25-23-21-19-17-15-13-11-9-7-2/h8,10,14,16,20,22,26,28,32,34,38,40,42,44,48,50,63,65,71,73,78-79,83H,6-7,9,11-13,15,17-19,21,23-25,27,29-31,33,35-37,39,41,43,45-47,49,51-62,64,66-70,72,74-77H2,1-5H3,(H-,81,84,85,86)/b10-8-,16-14-,22-20-,28-26-,34-32-,40-38-,44-42-,50-48-,65-63+,73-71+. The summed E-state index contributed by atoms with van der Waals surface area (Å²) in [5, 5.41) is 14.0. The Kier molecular flexibility index (Phi) is 66.8. The van der Waals surface area contributed by atoms with Crippen molar-refractivity contribution in [2.24, 2.45) is 0 Å². The Morgan fingerprint density at radius 3 is 1.04 bits per heavy atom. The SMILES string of the molecule is CC/C=C\C/C=C\C/C=C\C/C=C\C/C=C\C/C=C\C/C=C\C/C=C\CCCCCCCCCCCCC(=O)NC(COP(=O)([O-])OCC[N+](C)(C)C)C(O)/C=C/CC/C=C/CCCCCCCCCCCCCCCCCCCCCCCCCCCC. The maximum atomic E-state index is 13.1. The molecule has 3 atom stereocenters. The third kappa shape index (κ3) is 72.2. The molecule has 9 heteroatoms. The van der Waals surface area contributed by atoms with E-state index in [2.05, 4.69) is 129 Å². The van der Waals surface area contributed by atoms with Crippen LogP contribution in [0.5, 0.6) is 0 Å². The molecule has 0 rings (SSSR count).